The van der Waals surface area contributed by atoms with Gasteiger partial charge in [-0.05, 0) is 30.7 Å². The third-order valence-electron chi connectivity index (χ3n) is 3.19. The Hall–Kier alpha value is -2.08. The van der Waals surface area contributed by atoms with Crippen LogP contribution in [0.25, 0.3) is 0 Å². The van der Waals surface area contributed by atoms with Crippen LogP contribution in [0.1, 0.15) is 5.56 Å². The highest BCUT2D eigenvalue weighted by atomic mass is 16.5. The van der Waals surface area contributed by atoms with Gasteiger partial charge < -0.3 is 19.9 Å². The molecule has 102 valence electrons. The van der Waals surface area contributed by atoms with Crippen LogP contribution in [0.2, 0.25) is 0 Å². The van der Waals surface area contributed by atoms with E-state index in [-0.39, 0.29) is 13.2 Å². The van der Waals surface area contributed by atoms with Crippen molar-refractivity contribution in [1.82, 2.24) is 0 Å². The minimum absolute atomic E-state index is 0.0939. The second-order valence-electron chi connectivity index (χ2n) is 4.52. The summed E-state index contributed by atoms with van der Waals surface area (Å²) in [6, 6.07) is 5.11. The maximum absolute atomic E-state index is 12.0. The average molecular weight is 265 g/mol. The summed E-state index contributed by atoms with van der Waals surface area (Å²) in [5, 5.41) is 11.7. The number of carbonyl (C=O) groups excluding carboxylic acids is 1. The number of aliphatic carboxylic acids is 1. The number of carbonyl (C=O) groups is 2. The Kier molecular flexibility index (Phi) is 3.44. The molecule has 0 bridgehead atoms. The lowest BCUT2D eigenvalue weighted by Gasteiger charge is -2.35. The van der Waals surface area contributed by atoms with Crippen molar-refractivity contribution < 1.29 is 24.2 Å². The molecule has 1 amide bonds. The molecular weight excluding hydrogens is 250 g/mol. The van der Waals surface area contributed by atoms with Crippen LogP contribution in [0, 0.1) is 12.3 Å². The molecule has 0 saturated carbocycles. The normalized spacial score (nSPS) is 16.3. The largest absolute Gasteiger partial charge is 0.496 e. The van der Waals surface area contributed by atoms with E-state index in [0.717, 1.165) is 5.56 Å². The Morgan fingerprint density at radius 2 is 2.11 bits per heavy atom. The first-order chi connectivity index (χ1) is 8.99. The lowest BCUT2D eigenvalue weighted by molar-refractivity contribution is -0.182. The molecule has 2 N–H and O–H groups in total. The number of ether oxygens (including phenoxy) is 2. The highest BCUT2D eigenvalue weighted by Crippen LogP contribution is 2.30. The molecule has 1 heterocycles. The number of hydrogen-bond donors (Lipinski definition) is 2. The third-order valence-corrected chi connectivity index (χ3v) is 3.19. The van der Waals surface area contributed by atoms with E-state index in [1.165, 1.54) is 0 Å². The molecule has 1 aliphatic rings. The van der Waals surface area contributed by atoms with Crippen molar-refractivity contribution >= 4 is 17.6 Å². The molecule has 0 aromatic heterocycles. The number of aryl methyl sites for hydroxylation is 1. The average Bonchev–Trinajstić information content (AvgIpc) is 2.26. The Labute approximate surface area is 110 Å². The van der Waals surface area contributed by atoms with E-state index < -0.39 is 17.3 Å². The number of carboxylic acid groups (broad SMARTS) is 1. The fraction of sp³-hybridized carbons (Fsp3) is 0.385. The van der Waals surface area contributed by atoms with Gasteiger partial charge in [-0.1, -0.05) is 0 Å². The van der Waals surface area contributed by atoms with Gasteiger partial charge >= 0.3 is 5.97 Å². The Morgan fingerprint density at radius 1 is 1.42 bits per heavy atom. The lowest BCUT2D eigenvalue weighted by Crippen LogP contribution is -2.57. The quantitative estimate of drug-likeness (QED) is 0.795. The summed E-state index contributed by atoms with van der Waals surface area (Å²) in [7, 11) is 1.56. The maximum atomic E-state index is 12.0. The van der Waals surface area contributed by atoms with Gasteiger partial charge in [0.2, 0.25) is 5.91 Å². The fourth-order valence-electron chi connectivity index (χ4n) is 1.86. The minimum atomic E-state index is -1.46. The molecule has 1 aromatic carbocycles. The van der Waals surface area contributed by atoms with Crippen LogP contribution in [0.3, 0.4) is 0 Å². The monoisotopic (exact) mass is 265 g/mol. The first-order valence-corrected chi connectivity index (χ1v) is 5.77. The van der Waals surface area contributed by atoms with Crippen molar-refractivity contribution in [2.75, 3.05) is 25.6 Å². The smallest absolute Gasteiger partial charge is 0.324 e. The van der Waals surface area contributed by atoms with Crippen LogP contribution in [0.15, 0.2) is 18.2 Å². The number of rotatable bonds is 4. The van der Waals surface area contributed by atoms with Gasteiger partial charge in [0.25, 0.3) is 0 Å². The molecule has 19 heavy (non-hydrogen) atoms. The minimum Gasteiger partial charge on any atom is -0.496 e. The van der Waals surface area contributed by atoms with Crippen molar-refractivity contribution in [3.8, 4) is 5.75 Å². The zero-order valence-corrected chi connectivity index (χ0v) is 10.7. The van der Waals surface area contributed by atoms with E-state index in [1.54, 1.807) is 25.3 Å². The zero-order chi connectivity index (χ0) is 14.0. The number of carboxylic acids is 1. The summed E-state index contributed by atoms with van der Waals surface area (Å²) in [5.41, 5.74) is -0.0706. The Morgan fingerprint density at radius 3 is 2.53 bits per heavy atom. The molecule has 0 spiro atoms. The second kappa shape index (κ2) is 4.89. The van der Waals surface area contributed by atoms with Crippen molar-refractivity contribution in [1.29, 1.82) is 0 Å². The van der Waals surface area contributed by atoms with Gasteiger partial charge in [-0.15, -0.1) is 0 Å². The van der Waals surface area contributed by atoms with Gasteiger partial charge in [0, 0.05) is 5.69 Å². The first kappa shape index (κ1) is 13.4. The first-order valence-electron chi connectivity index (χ1n) is 5.77. The SMILES string of the molecule is COc1ccc(NC(=O)C2(C(=O)O)COC2)cc1C. The molecule has 1 aliphatic heterocycles. The molecule has 6 heteroatoms. The topological polar surface area (TPSA) is 84.9 Å². The molecule has 6 nitrogen and oxygen atoms in total. The maximum Gasteiger partial charge on any atom is 0.324 e. The molecule has 0 atom stereocenters. The molecule has 0 aliphatic carbocycles. The standard InChI is InChI=1S/C13H15NO5/c1-8-5-9(3-4-10(8)18-2)14-11(15)13(12(16)17)6-19-7-13/h3-5H,6-7H2,1-2H3,(H,14,15)(H,16,17). The fourth-order valence-corrected chi connectivity index (χ4v) is 1.86. The van der Waals surface area contributed by atoms with Crippen molar-refractivity contribution in [2.24, 2.45) is 5.41 Å². The number of anilines is 1. The van der Waals surface area contributed by atoms with Gasteiger partial charge in [0.1, 0.15) is 5.75 Å². The van der Waals surface area contributed by atoms with Gasteiger partial charge in [-0.2, -0.15) is 0 Å². The number of methoxy groups -OCH3 is 1. The summed E-state index contributed by atoms with van der Waals surface area (Å²) in [6.07, 6.45) is 0. The highest BCUT2D eigenvalue weighted by molar-refractivity contribution is 6.09. The van der Waals surface area contributed by atoms with Crippen LogP contribution in [-0.4, -0.2) is 37.3 Å². The summed E-state index contributed by atoms with van der Waals surface area (Å²) in [5.74, 6) is -1.02. The number of nitrogens with one attached hydrogen (secondary N) is 1. The van der Waals surface area contributed by atoms with E-state index in [9.17, 15) is 9.59 Å². The zero-order valence-electron chi connectivity index (χ0n) is 10.7. The van der Waals surface area contributed by atoms with Gasteiger partial charge in [0.15, 0.2) is 5.41 Å². The van der Waals surface area contributed by atoms with Crippen molar-refractivity contribution in [3.63, 3.8) is 0 Å². The summed E-state index contributed by atoms with van der Waals surface area (Å²) in [4.78, 5) is 23.2. The van der Waals surface area contributed by atoms with E-state index in [0.29, 0.717) is 11.4 Å². The molecule has 1 fully saturated rings. The van der Waals surface area contributed by atoms with Gasteiger partial charge in [-0.25, -0.2) is 0 Å². The summed E-state index contributed by atoms with van der Waals surface area (Å²) < 4.78 is 9.97. The molecule has 0 unspecified atom stereocenters. The number of amides is 1. The van der Waals surface area contributed by atoms with Crippen LogP contribution in [0.5, 0.6) is 5.75 Å². The van der Waals surface area contributed by atoms with E-state index in [1.807, 2.05) is 6.92 Å². The molecule has 1 saturated heterocycles. The summed E-state index contributed by atoms with van der Waals surface area (Å²) >= 11 is 0. The summed E-state index contributed by atoms with van der Waals surface area (Å²) in [6.45, 7) is 1.65. The van der Waals surface area contributed by atoms with Crippen molar-refractivity contribution in [3.05, 3.63) is 23.8 Å². The predicted octanol–water partition coefficient (Wildman–Crippen LogP) is 1.04. The lowest BCUT2D eigenvalue weighted by atomic mass is 9.85. The number of benzene rings is 1. The van der Waals surface area contributed by atoms with E-state index in [2.05, 4.69) is 5.32 Å². The molecule has 1 aromatic rings. The predicted molar refractivity (Wildman–Crippen MR) is 67.2 cm³/mol. The van der Waals surface area contributed by atoms with E-state index in [4.69, 9.17) is 14.6 Å². The van der Waals surface area contributed by atoms with Gasteiger partial charge in [-0.3, -0.25) is 9.59 Å². The van der Waals surface area contributed by atoms with Crippen LogP contribution < -0.4 is 10.1 Å². The second-order valence-corrected chi connectivity index (χ2v) is 4.52. The van der Waals surface area contributed by atoms with Crippen LogP contribution >= 0.6 is 0 Å². The molecule has 2 rings (SSSR count). The molecule has 0 radical (unpaired) electrons. The van der Waals surface area contributed by atoms with Crippen LogP contribution in [-0.2, 0) is 14.3 Å². The highest BCUT2D eigenvalue weighted by Gasteiger charge is 2.53. The van der Waals surface area contributed by atoms with Crippen LogP contribution in [0.4, 0.5) is 5.69 Å². The third kappa shape index (κ3) is 2.26. The van der Waals surface area contributed by atoms with E-state index >= 15 is 0 Å². The Balaban J connectivity index is 2.15. The Bertz CT molecular complexity index is 522. The van der Waals surface area contributed by atoms with Crippen molar-refractivity contribution in [2.45, 2.75) is 6.92 Å². The van der Waals surface area contributed by atoms with Gasteiger partial charge in [0.05, 0.1) is 20.3 Å². The molecular formula is C13H15NO5. The number of hydrogen-bond acceptors (Lipinski definition) is 4.